The van der Waals surface area contributed by atoms with Gasteiger partial charge in [-0.3, -0.25) is 15.0 Å². The number of piperidine rings is 1. The van der Waals surface area contributed by atoms with Crippen LogP contribution in [0.4, 0.5) is 11.4 Å². The Morgan fingerprint density at radius 3 is 2.89 bits per heavy atom. The predicted octanol–water partition coefficient (Wildman–Crippen LogP) is 2.80. The largest absolute Gasteiger partial charge is 0.393 e. The van der Waals surface area contributed by atoms with Crippen LogP contribution in [0, 0.1) is 16.0 Å². The molecule has 5 heteroatoms. The molecule has 0 saturated carbocycles. The Bertz CT molecular complexity index is 476. The zero-order valence-corrected chi connectivity index (χ0v) is 11.5. The third-order valence-corrected chi connectivity index (χ3v) is 4.25. The molecular weight excluding hydrogens is 242 g/mol. The van der Waals surface area contributed by atoms with Crippen LogP contribution < -0.4 is 5.73 Å². The molecule has 0 aliphatic carbocycles. The third-order valence-electron chi connectivity index (χ3n) is 4.25. The second-order valence-corrected chi connectivity index (χ2v) is 5.44. The van der Waals surface area contributed by atoms with Crippen molar-refractivity contribution in [2.45, 2.75) is 39.3 Å². The number of nitro groups is 1. The topological polar surface area (TPSA) is 72.4 Å². The zero-order chi connectivity index (χ0) is 14.0. The second-order valence-electron chi connectivity index (χ2n) is 5.44. The van der Waals surface area contributed by atoms with Gasteiger partial charge in [0.05, 0.1) is 4.92 Å². The van der Waals surface area contributed by atoms with E-state index in [9.17, 15) is 10.1 Å². The normalized spacial score (nSPS) is 24.3. The van der Waals surface area contributed by atoms with E-state index in [2.05, 4.69) is 18.7 Å². The van der Waals surface area contributed by atoms with Gasteiger partial charge in [0.1, 0.15) is 5.69 Å². The summed E-state index contributed by atoms with van der Waals surface area (Å²) in [7, 11) is 0. The molecule has 1 heterocycles. The monoisotopic (exact) mass is 263 g/mol. The fraction of sp³-hybridized carbons (Fsp3) is 0.571. The number of hydrogen-bond donors (Lipinski definition) is 1. The number of nitro benzene ring substituents is 1. The van der Waals surface area contributed by atoms with E-state index in [0.717, 1.165) is 12.1 Å². The number of likely N-dealkylation sites (tertiary alicyclic amines) is 1. The molecule has 2 rings (SSSR count). The second kappa shape index (κ2) is 5.57. The first-order valence-corrected chi connectivity index (χ1v) is 6.76. The van der Waals surface area contributed by atoms with Crippen molar-refractivity contribution < 1.29 is 4.92 Å². The first-order chi connectivity index (χ1) is 9.00. The minimum atomic E-state index is -0.416. The maximum absolute atomic E-state index is 10.9. The zero-order valence-electron chi connectivity index (χ0n) is 11.5. The van der Waals surface area contributed by atoms with Crippen LogP contribution in [0.2, 0.25) is 0 Å². The predicted molar refractivity (Wildman–Crippen MR) is 75.8 cm³/mol. The minimum absolute atomic E-state index is 0.00945. The molecule has 19 heavy (non-hydrogen) atoms. The van der Waals surface area contributed by atoms with Gasteiger partial charge in [0.25, 0.3) is 5.69 Å². The molecule has 2 unspecified atom stereocenters. The fourth-order valence-corrected chi connectivity index (χ4v) is 2.76. The molecule has 1 saturated heterocycles. The van der Waals surface area contributed by atoms with Gasteiger partial charge in [-0.05, 0) is 37.8 Å². The van der Waals surface area contributed by atoms with E-state index < -0.39 is 4.92 Å². The van der Waals surface area contributed by atoms with E-state index in [-0.39, 0.29) is 5.69 Å². The summed E-state index contributed by atoms with van der Waals surface area (Å²) in [5.41, 5.74) is 7.08. The van der Waals surface area contributed by atoms with Crippen LogP contribution >= 0.6 is 0 Å². The highest BCUT2D eigenvalue weighted by Crippen LogP contribution is 2.29. The van der Waals surface area contributed by atoms with E-state index in [1.54, 1.807) is 6.07 Å². The minimum Gasteiger partial charge on any atom is -0.393 e. The summed E-state index contributed by atoms with van der Waals surface area (Å²) in [4.78, 5) is 12.8. The van der Waals surface area contributed by atoms with E-state index in [0.29, 0.717) is 24.2 Å². The summed E-state index contributed by atoms with van der Waals surface area (Å²) in [6.45, 7) is 6.21. The molecule has 2 N–H and O–H groups in total. The van der Waals surface area contributed by atoms with Crippen LogP contribution in [0.5, 0.6) is 0 Å². The van der Waals surface area contributed by atoms with Crippen molar-refractivity contribution in [3.05, 3.63) is 33.9 Å². The first-order valence-electron chi connectivity index (χ1n) is 6.76. The lowest BCUT2D eigenvalue weighted by Crippen LogP contribution is -2.41. The fourth-order valence-electron chi connectivity index (χ4n) is 2.76. The highest BCUT2D eigenvalue weighted by molar-refractivity contribution is 5.62. The van der Waals surface area contributed by atoms with E-state index >= 15 is 0 Å². The number of para-hydroxylation sites is 1. The van der Waals surface area contributed by atoms with Gasteiger partial charge in [-0.25, -0.2) is 0 Å². The number of benzene rings is 1. The molecular formula is C14H21N3O2. The summed E-state index contributed by atoms with van der Waals surface area (Å²) in [6, 6.07) is 5.55. The molecule has 5 nitrogen and oxygen atoms in total. The number of nitrogens with zero attached hydrogens (tertiary/aromatic N) is 2. The number of hydrogen-bond acceptors (Lipinski definition) is 4. The summed E-state index contributed by atoms with van der Waals surface area (Å²) in [5.74, 6) is 0.661. The first kappa shape index (κ1) is 13.8. The molecule has 1 aromatic carbocycles. The van der Waals surface area contributed by atoms with Crippen LogP contribution in [0.1, 0.15) is 32.3 Å². The van der Waals surface area contributed by atoms with Crippen molar-refractivity contribution in [1.29, 1.82) is 0 Å². The Balaban J connectivity index is 2.19. The van der Waals surface area contributed by atoms with Crippen LogP contribution in [0.3, 0.4) is 0 Å². The van der Waals surface area contributed by atoms with Crippen molar-refractivity contribution >= 4 is 11.4 Å². The van der Waals surface area contributed by atoms with Gasteiger partial charge >= 0.3 is 0 Å². The Morgan fingerprint density at radius 2 is 2.21 bits per heavy atom. The summed E-state index contributed by atoms with van der Waals surface area (Å²) < 4.78 is 0. The molecule has 0 aromatic heterocycles. The summed E-state index contributed by atoms with van der Waals surface area (Å²) in [5, 5.41) is 10.9. The van der Waals surface area contributed by atoms with Crippen molar-refractivity contribution in [1.82, 2.24) is 4.90 Å². The van der Waals surface area contributed by atoms with Crippen molar-refractivity contribution in [3.63, 3.8) is 0 Å². The number of nitrogens with two attached hydrogens (primary N) is 1. The highest BCUT2D eigenvalue weighted by atomic mass is 16.6. The lowest BCUT2D eigenvalue weighted by molar-refractivity contribution is -0.384. The molecule has 1 aromatic rings. The lowest BCUT2D eigenvalue weighted by atomic mass is 9.91. The molecule has 0 amide bonds. The maximum atomic E-state index is 10.9. The Labute approximate surface area is 113 Å². The molecule has 2 atom stereocenters. The van der Waals surface area contributed by atoms with Gasteiger partial charge in [-0.15, -0.1) is 0 Å². The van der Waals surface area contributed by atoms with Crippen LogP contribution in [0.25, 0.3) is 0 Å². The lowest BCUT2D eigenvalue weighted by Gasteiger charge is -2.38. The molecule has 1 fully saturated rings. The third kappa shape index (κ3) is 2.87. The number of nitrogen functional groups attached to an aromatic ring is 1. The number of anilines is 1. The van der Waals surface area contributed by atoms with Crippen LogP contribution in [-0.4, -0.2) is 22.4 Å². The van der Waals surface area contributed by atoms with Gasteiger partial charge in [0.15, 0.2) is 0 Å². The van der Waals surface area contributed by atoms with E-state index in [1.165, 1.54) is 18.9 Å². The standard InChI is InChI=1S/C14H21N3O2/c1-10-5-4-8-16(11(10)2)9-12-6-3-7-13(14(12)15)17(18)19/h3,6-7,10-11H,4-5,8-9,15H2,1-2H3. The quantitative estimate of drug-likeness (QED) is 0.517. The Kier molecular flexibility index (Phi) is 4.04. The van der Waals surface area contributed by atoms with E-state index in [1.807, 2.05) is 6.07 Å². The number of rotatable bonds is 3. The smallest absolute Gasteiger partial charge is 0.292 e. The maximum Gasteiger partial charge on any atom is 0.292 e. The van der Waals surface area contributed by atoms with Crippen LogP contribution in [0.15, 0.2) is 18.2 Å². The summed E-state index contributed by atoms with van der Waals surface area (Å²) in [6.07, 6.45) is 2.43. The molecule has 1 aliphatic heterocycles. The Morgan fingerprint density at radius 1 is 1.47 bits per heavy atom. The van der Waals surface area contributed by atoms with Crippen molar-refractivity contribution in [2.75, 3.05) is 12.3 Å². The molecule has 0 spiro atoms. The SMILES string of the molecule is CC1CCCN(Cc2cccc([N+](=O)[O-])c2N)C1C. The average molecular weight is 263 g/mol. The average Bonchev–Trinajstić information content (AvgIpc) is 2.37. The molecule has 0 bridgehead atoms. The molecule has 104 valence electrons. The highest BCUT2D eigenvalue weighted by Gasteiger charge is 2.25. The van der Waals surface area contributed by atoms with E-state index in [4.69, 9.17) is 5.73 Å². The van der Waals surface area contributed by atoms with Gasteiger partial charge < -0.3 is 5.73 Å². The van der Waals surface area contributed by atoms with Gasteiger partial charge in [0.2, 0.25) is 0 Å². The van der Waals surface area contributed by atoms with Crippen molar-refractivity contribution in [3.8, 4) is 0 Å². The van der Waals surface area contributed by atoms with Crippen molar-refractivity contribution in [2.24, 2.45) is 5.92 Å². The Hall–Kier alpha value is -1.62. The van der Waals surface area contributed by atoms with Gasteiger partial charge in [-0.2, -0.15) is 0 Å². The van der Waals surface area contributed by atoms with Gasteiger partial charge in [-0.1, -0.05) is 19.1 Å². The molecule has 0 radical (unpaired) electrons. The summed E-state index contributed by atoms with van der Waals surface area (Å²) >= 11 is 0. The van der Waals surface area contributed by atoms with Gasteiger partial charge in [0, 0.05) is 18.7 Å². The van der Waals surface area contributed by atoms with Crippen LogP contribution in [-0.2, 0) is 6.54 Å². The molecule has 1 aliphatic rings.